The lowest BCUT2D eigenvalue weighted by Crippen LogP contribution is -2.42. The molecule has 22 heavy (non-hydrogen) atoms. The van der Waals surface area contributed by atoms with Crippen LogP contribution in [0.25, 0.3) is 0 Å². The first-order chi connectivity index (χ1) is 10.5. The van der Waals surface area contributed by atoms with Crippen LogP contribution in [0.3, 0.4) is 0 Å². The third-order valence-electron chi connectivity index (χ3n) is 3.57. The van der Waals surface area contributed by atoms with Crippen molar-refractivity contribution in [3.05, 3.63) is 36.0 Å². The quantitative estimate of drug-likeness (QED) is 0.206. The highest BCUT2D eigenvalue weighted by molar-refractivity contribution is 5.15. The van der Waals surface area contributed by atoms with Crippen molar-refractivity contribution < 1.29 is 10.2 Å². The molecular weight excluding hydrogens is 274 g/mol. The van der Waals surface area contributed by atoms with Crippen molar-refractivity contribution in [1.29, 1.82) is 0 Å². The fraction of sp³-hybridized carbons (Fsp3) is 0.684. The van der Waals surface area contributed by atoms with Crippen LogP contribution in [-0.4, -0.2) is 22.5 Å². The van der Waals surface area contributed by atoms with Gasteiger partial charge >= 0.3 is 0 Å². The first-order valence-corrected chi connectivity index (χ1v) is 8.62. The molecule has 0 aliphatic rings. The van der Waals surface area contributed by atoms with Gasteiger partial charge in [-0.3, -0.25) is 0 Å². The van der Waals surface area contributed by atoms with Gasteiger partial charge in [-0.25, -0.2) is 0 Å². The Morgan fingerprint density at radius 1 is 1.00 bits per heavy atom. The molecule has 0 saturated carbocycles. The molecule has 4 N–H and O–H groups in total. The summed E-state index contributed by atoms with van der Waals surface area (Å²) in [6.45, 7) is 3.95. The van der Waals surface area contributed by atoms with Crippen molar-refractivity contribution >= 4 is 0 Å². The lowest BCUT2D eigenvalue weighted by atomic mass is 10.1. The van der Waals surface area contributed by atoms with Crippen LogP contribution >= 0.6 is 0 Å². The summed E-state index contributed by atoms with van der Waals surface area (Å²) in [7, 11) is 0. The fourth-order valence-electron chi connectivity index (χ4n) is 2.08. The van der Waals surface area contributed by atoms with Gasteiger partial charge in [0.15, 0.2) is 0 Å². The second-order valence-corrected chi connectivity index (χ2v) is 6.07. The molecular formula is C19H35NO2. The average molecular weight is 309 g/mol. The second kappa shape index (κ2) is 13.7. The van der Waals surface area contributed by atoms with Crippen molar-refractivity contribution in [2.75, 3.05) is 6.61 Å². The SMILES string of the molecule is CCCCCCC/C=C/C(C)=C/CC/C=C/CC(N)(O)CO. The van der Waals surface area contributed by atoms with Crippen molar-refractivity contribution in [2.45, 2.75) is 77.4 Å². The van der Waals surface area contributed by atoms with E-state index in [1.54, 1.807) is 0 Å². The van der Waals surface area contributed by atoms with Gasteiger partial charge in [0.25, 0.3) is 0 Å². The predicted molar refractivity (Wildman–Crippen MR) is 95.5 cm³/mol. The number of rotatable bonds is 13. The van der Waals surface area contributed by atoms with Crippen LogP contribution in [0.2, 0.25) is 0 Å². The Hall–Kier alpha value is -0.900. The Balaban J connectivity index is 3.69. The Labute approximate surface area is 136 Å². The molecule has 0 heterocycles. The molecule has 0 amide bonds. The molecule has 0 aromatic carbocycles. The maximum atomic E-state index is 9.41. The second-order valence-electron chi connectivity index (χ2n) is 6.07. The lowest BCUT2D eigenvalue weighted by molar-refractivity contribution is -0.00637. The largest absolute Gasteiger partial charge is 0.392 e. The molecule has 0 radical (unpaired) electrons. The van der Waals surface area contributed by atoms with Crippen LogP contribution in [0.1, 0.15) is 71.6 Å². The number of aliphatic hydroxyl groups is 2. The minimum Gasteiger partial charge on any atom is -0.392 e. The highest BCUT2D eigenvalue weighted by Gasteiger charge is 2.16. The van der Waals surface area contributed by atoms with Crippen LogP contribution in [0, 0.1) is 0 Å². The molecule has 0 aliphatic carbocycles. The van der Waals surface area contributed by atoms with Crippen LogP contribution in [0.15, 0.2) is 36.0 Å². The standard InChI is InChI=1S/C19H35NO2/c1-3-4-5-6-7-8-11-14-18(2)15-12-9-10-13-16-19(20,22)17-21/h10-11,13-15,21-22H,3-9,12,16-17,20H2,1-2H3/b13-10+,14-11+,18-15+. The van der Waals surface area contributed by atoms with Crippen LogP contribution in [0.5, 0.6) is 0 Å². The van der Waals surface area contributed by atoms with E-state index in [0.717, 1.165) is 12.8 Å². The third kappa shape index (κ3) is 14.1. The number of unbranched alkanes of at least 4 members (excludes halogenated alkanes) is 6. The lowest BCUT2D eigenvalue weighted by Gasteiger charge is -2.17. The van der Waals surface area contributed by atoms with Crippen LogP contribution in [0.4, 0.5) is 0 Å². The third-order valence-corrected chi connectivity index (χ3v) is 3.57. The van der Waals surface area contributed by atoms with Gasteiger partial charge in [0.05, 0.1) is 6.61 Å². The summed E-state index contributed by atoms with van der Waals surface area (Å²) in [6.07, 6.45) is 20.5. The summed E-state index contributed by atoms with van der Waals surface area (Å²) in [5.74, 6) is 0. The van der Waals surface area contributed by atoms with Gasteiger partial charge in [0.2, 0.25) is 0 Å². The van der Waals surface area contributed by atoms with Gasteiger partial charge in [-0.2, -0.15) is 0 Å². The van der Waals surface area contributed by atoms with E-state index >= 15 is 0 Å². The fourth-order valence-corrected chi connectivity index (χ4v) is 2.08. The van der Waals surface area contributed by atoms with Gasteiger partial charge in [-0.15, -0.1) is 0 Å². The van der Waals surface area contributed by atoms with E-state index < -0.39 is 12.3 Å². The molecule has 0 aliphatic heterocycles. The zero-order valence-corrected chi connectivity index (χ0v) is 14.4. The molecule has 1 atom stereocenters. The molecule has 0 rings (SSSR count). The van der Waals surface area contributed by atoms with E-state index in [1.165, 1.54) is 44.1 Å². The molecule has 128 valence electrons. The normalized spacial score (nSPS) is 15.8. The summed E-state index contributed by atoms with van der Waals surface area (Å²) in [5, 5.41) is 18.2. The van der Waals surface area contributed by atoms with Crippen LogP contribution < -0.4 is 5.73 Å². The zero-order chi connectivity index (χ0) is 16.7. The van der Waals surface area contributed by atoms with E-state index in [4.69, 9.17) is 10.8 Å². The molecule has 0 aromatic heterocycles. The molecule has 0 fully saturated rings. The highest BCUT2D eigenvalue weighted by Crippen LogP contribution is 2.08. The summed E-state index contributed by atoms with van der Waals surface area (Å²) in [5.41, 5.74) is 5.23. The Bertz CT molecular complexity index is 343. The topological polar surface area (TPSA) is 66.5 Å². The number of nitrogens with two attached hydrogens (primary N) is 1. The first-order valence-electron chi connectivity index (χ1n) is 8.62. The van der Waals surface area contributed by atoms with Crippen LogP contribution in [-0.2, 0) is 0 Å². The van der Waals surface area contributed by atoms with Crippen molar-refractivity contribution in [3.63, 3.8) is 0 Å². The van der Waals surface area contributed by atoms with Crippen molar-refractivity contribution in [3.8, 4) is 0 Å². The van der Waals surface area contributed by atoms with Gasteiger partial charge in [-0.1, -0.05) is 68.6 Å². The smallest absolute Gasteiger partial charge is 0.140 e. The summed E-state index contributed by atoms with van der Waals surface area (Å²) < 4.78 is 0. The minimum atomic E-state index is -1.48. The minimum absolute atomic E-state index is 0.282. The average Bonchev–Trinajstić information content (AvgIpc) is 2.49. The molecule has 0 spiro atoms. The molecule has 1 unspecified atom stereocenters. The van der Waals surface area contributed by atoms with Gasteiger partial charge in [0.1, 0.15) is 5.72 Å². The molecule has 0 bridgehead atoms. The van der Waals surface area contributed by atoms with E-state index in [0.29, 0.717) is 0 Å². The Morgan fingerprint density at radius 2 is 1.73 bits per heavy atom. The van der Waals surface area contributed by atoms with E-state index in [2.05, 4.69) is 32.1 Å². The highest BCUT2D eigenvalue weighted by atomic mass is 16.3. The number of hydrogen-bond acceptors (Lipinski definition) is 3. The summed E-state index contributed by atoms with van der Waals surface area (Å²) in [4.78, 5) is 0. The molecule has 3 nitrogen and oxygen atoms in total. The van der Waals surface area contributed by atoms with Gasteiger partial charge in [-0.05, 0) is 32.6 Å². The summed E-state index contributed by atoms with van der Waals surface area (Å²) in [6, 6.07) is 0. The number of allylic oxidation sites excluding steroid dienone is 5. The molecule has 0 aromatic rings. The first kappa shape index (κ1) is 21.1. The predicted octanol–water partition coefficient (Wildman–Crippen LogP) is 4.22. The van der Waals surface area contributed by atoms with E-state index in [-0.39, 0.29) is 6.42 Å². The number of hydrogen-bond donors (Lipinski definition) is 3. The van der Waals surface area contributed by atoms with Crippen molar-refractivity contribution in [2.24, 2.45) is 5.73 Å². The van der Waals surface area contributed by atoms with Gasteiger partial charge < -0.3 is 15.9 Å². The maximum absolute atomic E-state index is 9.41. The Kier molecular flexibility index (Phi) is 13.2. The monoisotopic (exact) mass is 309 g/mol. The molecule has 3 heteroatoms. The molecule has 0 saturated heterocycles. The Morgan fingerprint density at radius 3 is 2.41 bits per heavy atom. The summed E-state index contributed by atoms with van der Waals surface area (Å²) >= 11 is 0. The number of aliphatic hydroxyl groups excluding tert-OH is 1. The zero-order valence-electron chi connectivity index (χ0n) is 14.4. The van der Waals surface area contributed by atoms with Gasteiger partial charge in [0, 0.05) is 6.42 Å². The maximum Gasteiger partial charge on any atom is 0.140 e. The van der Waals surface area contributed by atoms with E-state index in [9.17, 15) is 5.11 Å². The van der Waals surface area contributed by atoms with Crippen molar-refractivity contribution in [1.82, 2.24) is 0 Å². The van der Waals surface area contributed by atoms with E-state index in [1.807, 2.05) is 12.2 Å².